The van der Waals surface area contributed by atoms with Crippen molar-refractivity contribution in [3.05, 3.63) is 17.7 Å². The van der Waals surface area contributed by atoms with Crippen LogP contribution in [0.3, 0.4) is 0 Å². The van der Waals surface area contributed by atoms with E-state index in [1.54, 1.807) is 0 Å². The molecule has 0 saturated heterocycles. The molecule has 1 aliphatic carbocycles. The van der Waals surface area contributed by atoms with Gasteiger partial charge in [-0.3, -0.25) is 0 Å². The second-order valence-electron chi connectivity index (χ2n) is 4.19. The number of nitrogens with two attached hydrogens (primary N) is 1. The van der Waals surface area contributed by atoms with E-state index >= 15 is 0 Å². The van der Waals surface area contributed by atoms with Gasteiger partial charge < -0.3 is 10.7 Å². The molecule has 0 amide bonds. The Bertz CT molecular complexity index is 284. The van der Waals surface area contributed by atoms with Crippen LogP contribution in [-0.4, -0.2) is 16.5 Å². The first-order chi connectivity index (χ1) is 6.85. The number of imidazole rings is 1. The lowest BCUT2D eigenvalue weighted by atomic mass is 9.83. The summed E-state index contributed by atoms with van der Waals surface area (Å²) in [6, 6.07) is 0. The van der Waals surface area contributed by atoms with Gasteiger partial charge in [0.2, 0.25) is 0 Å². The second kappa shape index (κ2) is 4.13. The third-order valence-electron chi connectivity index (χ3n) is 3.32. The minimum atomic E-state index is 0.406. The van der Waals surface area contributed by atoms with Gasteiger partial charge in [0.15, 0.2) is 0 Å². The SMILES string of the molecule is CCC(CN)c1ncc(C2CCC2)[nH]1. The van der Waals surface area contributed by atoms with Gasteiger partial charge in [-0.1, -0.05) is 13.3 Å². The average Bonchev–Trinajstić information content (AvgIpc) is 2.53. The zero-order valence-corrected chi connectivity index (χ0v) is 8.79. The zero-order valence-electron chi connectivity index (χ0n) is 8.79. The molecule has 1 aromatic rings. The molecule has 14 heavy (non-hydrogen) atoms. The van der Waals surface area contributed by atoms with Crippen molar-refractivity contribution in [2.24, 2.45) is 5.73 Å². The smallest absolute Gasteiger partial charge is 0.110 e. The fraction of sp³-hybridized carbons (Fsp3) is 0.727. The summed E-state index contributed by atoms with van der Waals surface area (Å²) < 4.78 is 0. The Kier molecular flexibility index (Phi) is 2.87. The number of H-pyrrole nitrogens is 1. The van der Waals surface area contributed by atoms with Crippen LogP contribution in [0.25, 0.3) is 0 Å². The molecule has 1 aliphatic rings. The first-order valence-electron chi connectivity index (χ1n) is 5.60. The molecule has 0 aromatic carbocycles. The summed E-state index contributed by atoms with van der Waals surface area (Å²) in [5.74, 6) is 2.23. The summed E-state index contributed by atoms with van der Waals surface area (Å²) >= 11 is 0. The molecule has 0 aliphatic heterocycles. The maximum atomic E-state index is 5.69. The van der Waals surface area contributed by atoms with Gasteiger partial charge in [-0.05, 0) is 19.3 Å². The molecule has 0 spiro atoms. The topological polar surface area (TPSA) is 54.7 Å². The van der Waals surface area contributed by atoms with Gasteiger partial charge in [0.25, 0.3) is 0 Å². The van der Waals surface area contributed by atoms with E-state index in [-0.39, 0.29) is 0 Å². The van der Waals surface area contributed by atoms with Gasteiger partial charge >= 0.3 is 0 Å². The lowest BCUT2D eigenvalue weighted by molar-refractivity contribution is 0.411. The third kappa shape index (κ3) is 1.69. The van der Waals surface area contributed by atoms with E-state index in [1.807, 2.05) is 6.20 Å². The molecule has 1 saturated carbocycles. The van der Waals surface area contributed by atoms with Crippen LogP contribution in [0.1, 0.15) is 56.0 Å². The van der Waals surface area contributed by atoms with Crippen molar-refractivity contribution in [2.45, 2.75) is 44.4 Å². The van der Waals surface area contributed by atoms with E-state index in [2.05, 4.69) is 16.9 Å². The molecule has 3 heteroatoms. The summed E-state index contributed by atoms with van der Waals surface area (Å²) in [5.41, 5.74) is 7.00. The molecule has 1 fully saturated rings. The third-order valence-corrected chi connectivity index (χ3v) is 3.32. The average molecular weight is 193 g/mol. The standard InChI is InChI=1S/C11H19N3/c1-2-8(6-12)11-13-7-10(14-11)9-4-3-5-9/h7-9H,2-6,12H2,1H3,(H,13,14). The predicted octanol–water partition coefficient (Wildman–Crippen LogP) is 2.13. The minimum absolute atomic E-state index is 0.406. The van der Waals surface area contributed by atoms with E-state index < -0.39 is 0 Å². The highest BCUT2D eigenvalue weighted by Gasteiger charge is 2.22. The summed E-state index contributed by atoms with van der Waals surface area (Å²) in [7, 11) is 0. The minimum Gasteiger partial charge on any atom is -0.345 e. The van der Waals surface area contributed by atoms with Gasteiger partial charge in [-0.25, -0.2) is 4.98 Å². The lowest BCUT2D eigenvalue weighted by Gasteiger charge is -2.23. The van der Waals surface area contributed by atoms with Crippen LogP contribution in [0, 0.1) is 0 Å². The van der Waals surface area contributed by atoms with Crippen LogP contribution in [-0.2, 0) is 0 Å². The fourth-order valence-corrected chi connectivity index (χ4v) is 1.96. The number of aromatic nitrogens is 2. The Hall–Kier alpha value is -0.830. The van der Waals surface area contributed by atoms with E-state index in [0.29, 0.717) is 12.5 Å². The number of nitrogens with one attached hydrogen (secondary N) is 1. The summed E-state index contributed by atoms with van der Waals surface area (Å²) in [6.45, 7) is 2.84. The molecule has 1 atom stereocenters. The van der Waals surface area contributed by atoms with Crippen LogP contribution in [0.4, 0.5) is 0 Å². The quantitative estimate of drug-likeness (QED) is 0.769. The van der Waals surface area contributed by atoms with E-state index in [0.717, 1.165) is 18.2 Å². The molecular weight excluding hydrogens is 174 g/mol. The second-order valence-corrected chi connectivity index (χ2v) is 4.19. The predicted molar refractivity (Wildman–Crippen MR) is 57.3 cm³/mol. The van der Waals surface area contributed by atoms with E-state index in [9.17, 15) is 0 Å². The Morgan fingerprint density at radius 1 is 1.64 bits per heavy atom. The normalized spacial score (nSPS) is 19.3. The zero-order chi connectivity index (χ0) is 9.97. The first-order valence-corrected chi connectivity index (χ1v) is 5.60. The highest BCUT2D eigenvalue weighted by Crippen LogP contribution is 2.35. The summed E-state index contributed by atoms with van der Waals surface area (Å²) in [5, 5.41) is 0. The van der Waals surface area contributed by atoms with Crippen LogP contribution < -0.4 is 5.73 Å². The van der Waals surface area contributed by atoms with Gasteiger partial charge in [0.1, 0.15) is 5.82 Å². The van der Waals surface area contributed by atoms with Gasteiger partial charge in [-0.2, -0.15) is 0 Å². The van der Waals surface area contributed by atoms with Crippen LogP contribution in [0.15, 0.2) is 6.20 Å². The molecule has 78 valence electrons. The maximum Gasteiger partial charge on any atom is 0.110 e. The first kappa shape index (κ1) is 9.71. The largest absolute Gasteiger partial charge is 0.345 e. The van der Waals surface area contributed by atoms with Gasteiger partial charge in [0, 0.05) is 30.3 Å². The van der Waals surface area contributed by atoms with E-state index in [1.165, 1.54) is 25.0 Å². The molecule has 0 radical (unpaired) electrons. The van der Waals surface area contributed by atoms with E-state index in [4.69, 9.17) is 5.73 Å². The number of aromatic amines is 1. The number of nitrogens with zero attached hydrogens (tertiary/aromatic N) is 1. The van der Waals surface area contributed by atoms with Crippen molar-refractivity contribution < 1.29 is 0 Å². The van der Waals surface area contributed by atoms with Crippen LogP contribution in [0.5, 0.6) is 0 Å². The molecule has 1 heterocycles. The Labute approximate surface area is 85.1 Å². The molecular formula is C11H19N3. The summed E-state index contributed by atoms with van der Waals surface area (Å²) in [6.07, 6.45) is 7.07. The molecule has 0 bridgehead atoms. The van der Waals surface area contributed by atoms with Crippen molar-refractivity contribution in [1.82, 2.24) is 9.97 Å². The molecule has 1 aromatic heterocycles. The molecule has 3 nitrogen and oxygen atoms in total. The van der Waals surface area contributed by atoms with Crippen LogP contribution in [0.2, 0.25) is 0 Å². The van der Waals surface area contributed by atoms with Crippen molar-refractivity contribution in [2.75, 3.05) is 6.54 Å². The molecule has 1 unspecified atom stereocenters. The Morgan fingerprint density at radius 2 is 2.43 bits per heavy atom. The molecule has 2 rings (SSSR count). The van der Waals surface area contributed by atoms with Crippen LogP contribution >= 0.6 is 0 Å². The number of hydrogen-bond acceptors (Lipinski definition) is 2. The highest BCUT2D eigenvalue weighted by molar-refractivity contribution is 5.12. The van der Waals surface area contributed by atoms with Crippen molar-refractivity contribution >= 4 is 0 Å². The van der Waals surface area contributed by atoms with Crippen molar-refractivity contribution in [1.29, 1.82) is 0 Å². The fourth-order valence-electron chi connectivity index (χ4n) is 1.96. The monoisotopic (exact) mass is 193 g/mol. The van der Waals surface area contributed by atoms with Crippen molar-refractivity contribution in [3.8, 4) is 0 Å². The Balaban J connectivity index is 2.07. The van der Waals surface area contributed by atoms with Gasteiger partial charge in [0.05, 0.1) is 0 Å². The highest BCUT2D eigenvalue weighted by atomic mass is 14.9. The maximum absolute atomic E-state index is 5.69. The summed E-state index contributed by atoms with van der Waals surface area (Å²) in [4.78, 5) is 7.85. The molecule has 3 N–H and O–H groups in total. The van der Waals surface area contributed by atoms with Crippen molar-refractivity contribution in [3.63, 3.8) is 0 Å². The lowest BCUT2D eigenvalue weighted by Crippen LogP contribution is -2.13. The number of hydrogen-bond donors (Lipinski definition) is 2. The Morgan fingerprint density at radius 3 is 2.93 bits per heavy atom. The van der Waals surface area contributed by atoms with Gasteiger partial charge in [-0.15, -0.1) is 0 Å². The number of rotatable bonds is 4.